The van der Waals surface area contributed by atoms with Crippen LogP contribution in [0.5, 0.6) is 0 Å². The minimum Gasteiger partial charge on any atom is -0.469 e. The van der Waals surface area contributed by atoms with Crippen LogP contribution in [0, 0.1) is 11.6 Å². The first kappa shape index (κ1) is 25.6. The highest BCUT2D eigenvalue weighted by atomic mass is 19.1. The maximum absolute atomic E-state index is 13.7. The van der Waals surface area contributed by atoms with Gasteiger partial charge in [0.2, 0.25) is 0 Å². The molecule has 3 aromatic rings. The first-order valence-electron chi connectivity index (χ1n) is 11.4. The van der Waals surface area contributed by atoms with Crippen molar-refractivity contribution in [3.05, 3.63) is 71.9 Å². The van der Waals surface area contributed by atoms with Gasteiger partial charge >= 0.3 is 5.97 Å². The van der Waals surface area contributed by atoms with E-state index in [0.717, 1.165) is 28.1 Å². The van der Waals surface area contributed by atoms with E-state index >= 15 is 0 Å². The number of hydrogen-bond acceptors (Lipinski definition) is 4. The normalized spacial score (nSPS) is 13.2. The quantitative estimate of drug-likeness (QED) is 0.394. The lowest BCUT2D eigenvalue weighted by Gasteiger charge is -2.20. The van der Waals surface area contributed by atoms with Crippen molar-refractivity contribution in [1.29, 1.82) is 0 Å². The maximum Gasteiger partial charge on any atom is 0.308 e. The molecule has 0 saturated carbocycles. The molecule has 7 heteroatoms. The largest absolute Gasteiger partial charge is 0.469 e. The van der Waals surface area contributed by atoms with Crippen molar-refractivity contribution in [2.45, 2.75) is 57.8 Å². The monoisotopic (exact) mass is 471 g/mol. The molecule has 182 valence electrons. The zero-order valence-electron chi connectivity index (χ0n) is 19.7. The Labute approximate surface area is 198 Å². The molecule has 0 spiro atoms. The fourth-order valence-electron chi connectivity index (χ4n) is 4.13. The van der Waals surface area contributed by atoms with E-state index in [0.29, 0.717) is 13.0 Å². The molecule has 0 fully saturated rings. The SMILES string of the molecule is COC(=O)C[C@@H](O)C[C@@H](O)CCn1c(C(C)C)cc(-c2ccc(F)cc2)c1-c1ccc(F)cc1. The molecule has 2 atom stereocenters. The van der Waals surface area contributed by atoms with Crippen LogP contribution >= 0.6 is 0 Å². The van der Waals surface area contributed by atoms with Gasteiger partial charge < -0.3 is 19.5 Å². The summed E-state index contributed by atoms with van der Waals surface area (Å²) in [7, 11) is 1.25. The van der Waals surface area contributed by atoms with Gasteiger partial charge in [-0.15, -0.1) is 0 Å². The lowest BCUT2D eigenvalue weighted by atomic mass is 10.0. The van der Waals surface area contributed by atoms with Crippen molar-refractivity contribution in [2.24, 2.45) is 0 Å². The Morgan fingerprint density at radius 2 is 1.50 bits per heavy atom. The number of halogens is 2. The number of nitrogens with zero attached hydrogens (tertiary/aromatic N) is 1. The first-order valence-corrected chi connectivity index (χ1v) is 11.4. The number of aliphatic hydroxyl groups is 2. The van der Waals surface area contributed by atoms with Gasteiger partial charge in [0, 0.05) is 17.8 Å². The van der Waals surface area contributed by atoms with E-state index in [2.05, 4.69) is 29.2 Å². The predicted molar refractivity (Wildman–Crippen MR) is 127 cm³/mol. The van der Waals surface area contributed by atoms with E-state index in [9.17, 15) is 23.8 Å². The van der Waals surface area contributed by atoms with E-state index in [1.54, 1.807) is 24.3 Å². The molecule has 34 heavy (non-hydrogen) atoms. The van der Waals surface area contributed by atoms with Crippen LogP contribution in [0.15, 0.2) is 54.6 Å². The Hall–Kier alpha value is -3.03. The summed E-state index contributed by atoms with van der Waals surface area (Å²) in [5, 5.41) is 20.6. The number of benzene rings is 2. The summed E-state index contributed by atoms with van der Waals surface area (Å²) >= 11 is 0. The van der Waals surface area contributed by atoms with E-state index in [4.69, 9.17) is 0 Å². The topological polar surface area (TPSA) is 71.7 Å². The second-order valence-electron chi connectivity index (χ2n) is 8.76. The molecule has 0 aliphatic heterocycles. The summed E-state index contributed by atoms with van der Waals surface area (Å²) in [4.78, 5) is 11.4. The highest BCUT2D eigenvalue weighted by Crippen LogP contribution is 2.38. The number of carbonyl (C=O) groups is 1. The number of ether oxygens (including phenoxy) is 1. The van der Waals surface area contributed by atoms with Crippen molar-refractivity contribution in [1.82, 2.24) is 4.57 Å². The van der Waals surface area contributed by atoms with Crippen molar-refractivity contribution < 1.29 is 28.5 Å². The summed E-state index contributed by atoms with van der Waals surface area (Å²) < 4.78 is 33.9. The molecule has 0 saturated heterocycles. The summed E-state index contributed by atoms with van der Waals surface area (Å²) in [6.07, 6.45) is -1.63. The fourth-order valence-corrected chi connectivity index (χ4v) is 4.13. The van der Waals surface area contributed by atoms with Crippen molar-refractivity contribution in [2.75, 3.05) is 7.11 Å². The summed E-state index contributed by atoms with van der Waals surface area (Å²) in [5.74, 6) is -1.06. The average Bonchev–Trinajstić information content (AvgIpc) is 3.18. The van der Waals surface area contributed by atoms with Crippen molar-refractivity contribution in [3.8, 4) is 22.4 Å². The zero-order chi connectivity index (χ0) is 24.8. The smallest absolute Gasteiger partial charge is 0.308 e. The van der Waals surface area contributed by atoms with Gasteiger partial charge in [0.05, 0.1) is 31.4 Å². The fraction of sp³-hybridized carbons (Fsp3) is 0.370. The third kappa shape index (κ3) is 6.30. The number of methoxy groups -OCH3 is 1. The van der Waals surface area contributed by atoms with Crippen LogP contribution in [0.4, 0.5) is 8.78 Å². The Bertz CT molecular complexity index is 1090. The van der Waals surface area contributed by atoms with Gasteiger partial charge in [-0.25, -0.2) is 8.78 Å². The molecule has 0 amide bonds. The van der Waals surface area contributed by atoms with Crippen molar-refractivity contribution in [3.63, 3.8) is 0 Å². The zero-order valence-corrected chi connectivity index (χ0v) is 19.7. The van der Waals surface area contributed by atoms with Crippen LogP contribution in [-0.2, 0) is 16.1 Å². The Morgan fingerprint density at radius 3 is 2.03 bits per heavy atom. The lowest BCUT2D eigenvalue weighted by Crippen LogP contribution is -2.23. The predicted octanol–water partition coefficient (Wildman–Crippen LogP) is 5.29. The van der Waals surface area contributed by atoms with E-state index in [1.807, 2.05) is 0 Å². The van der Waals surface area contributed by atoms with Crippen LogP contribution in [0.2, 0.25) is 0 Å². The molecule has 1 aromatic heterocycles. The molecule has 0 aliphatic carbocycles. The average molecular weight is 472 g/mol. The second-order valence-corrected chi connectivity index (χ2v) is 8.76. The summed E-state index contributed by atoms with van der Waals surface area (Å²) in [6, 6.07) is 14.5. The molecule has 5 nitrogen and oxygen atoms in total. The van der Waals surface area contributed by atoms with Crippen molar-refractivity contribution >= 4 is 5.97 Å². The van der Waals surface area contributed by atoms with Crippen LogP contribution in [0.1, 0.15) is 44.7 Å². The number of aliphatic hydroxyl groups excluding tert-OH is 2. The van der Waals surface area contributed by atoms with Gasteiger partial charge in [-0.05, 0) is 72.4 Å². The first-order chi connectivity index (χ1) is 16.2. The molecule has 0 unspecified atom stereocenters. The molecule has 2 N–H and O–H groups in total. The highest BCUT2D eigenvalue weighted by molar-refractivity contribution is 5.82. The lowest BCUT2D eigenvalue weighted by molar-refractivity contribution is -0.143. The van der Waals surface area contributed by atoms with Gasteiger partial charge in [-0.3, -0.25) is 4.79 Å². The van der Waals surface area contributed by atoms with E-state index < -0.39 is 18.2 Å². The molecule has 2 aromatic carbocycles. The van der Waals surface area contributed by atoms with Gasteiger partial charge in [0.15, 0.2) is 0 Å². The van der Waals surface area contributed by atoms with E-state index in [-0.39, 0.29) is 30.4 Å². The van der Waals surface area contributed by atoms with Crippen LogP contribution < -0.4 is 0 Å². The van der Waals surface area contributed by atoms with Crippen LogP contribution in [0.25, 0.3) is 22.4 Å². The molecular weight excluding hydrogens is 440 g/mol. The minimum atomic E-state index is -0.997. The molecule has 1 heterocycles. The molecule has 0 radical (unpaired) electrons. The van der Waals surface area contributed by atoms with E-state index in [1.165, 1.54) is 31.4 Å². The summed E-state index contributed by atoms with van der Waals surface area (Å²) in [6.45, 7) is 4.56. The molecular formula is C27H31F2NO4. The number of carbonyl (C=O) groups excluding carboxylic acids is 1. The minimum absolute atomic E-state index is 0.0457. The van der Waals surface area contributed by atoms with Gasteiger partial charge in [-0.1, -0.05) is 26.0 Å². The van der Waals surface area contributed by atoms with Crippen LogP contribution in [0.3, 0.4) is 0 Å². The Kier molecular flexibility index (Phi) is 8.58. The highest BCUT2D eigenvalue weighted by Gasteiger charge is 2.22. The number of rotatable bonds is 10. The third-order valence-electron chi connectivity index (χ3n) is 5.85. The maximum atomic E-state index is 13.7. The molecule has 0 bridgehead atoms. The van der Waals surface area contributed by atoms with Gasteiger partial charge in [0.1, 0.15) is 11.6 Å². The number of aromatic nitrogens is 1. The third-order valence-corrected chi connectivity index (χ3v) is 5.85. The second kappa shape index (κ2) is 11.4. The number of hydrogen-bond donors (Lipinski definition) is 2. The number of esters is 1. The summed E-state index contributed by atoms with van der Waals surface area (Å²) in [5.41, 5.74) is 4.37. The Balaban J connectivity index is 1.97. The molecule has 3 rings (SSSR count). The standard InChI is InChI=1S/C27H31F2NO4/c1-17(2)25-16-24(18-4-8-20(28)9-5-18)27(19-6-10-21(29)11-7-19)30(25)13-12-22(31)14-23(32)15-26(33)34-3/h4-11,16-17,22-23,31-32H,12-15H2,1-3H3/t22-,23-/m0/s1. The van der Waals surface area contributed by atoms with Crippen LogP contribution in [-0.4, -0.2) is 40.1 Å². The Morgan fingerprint density at radius 1 is 0.941 bits per heavy atom. The van der Waals surface area contributed by atoms with Gasteiger partial charge in [0.25, 0.3) is 0 Å². The van der Waals surface area contributed by atoms with Gasteiger partial charge in [-0.2, -0.15) is 0 Å². The molecule has 0 aliphatic rings.